The minimum atomic E-state index is -4.31. The van der Waals surface area contributed by atoms with Crippen molar-refractivity contribution in [3.8, 4) is 0 Å². The first-order valence-corrected chi connectivity index (χ1v) is 5.48. The van der Waals surface area contributed by atoms with Gasteiger partial charge in [0.2, 0.25) is 0 Å². The molecule has 0 spiro atoms. The van der Waals surface area contributed by atoms with Crippen molar-refractivity contribution >= 4 is 5.69 Å². The topological polar surface area (TPSA) is 23.5 Å². The van der Waals surface area contributed by atoms with E-state index in [0.29, 0.717) is 24.1 Å². The van der Waals surface area contributed by atoms with Gasteiger partial charge in [-0.25, -0.2) is 0 Å². The van der Waals surface area contributed by atoms with Gasteiger partial charge in [-0.15, -0.1) is 0 Å². The summed E-state index contributed by atoms with van der Waals surface area (Å²) in [6.07, 6.45) is -3.47. The summed E-state index contributed by atoms with van der Waals surface area (Å²) in [6.45, 7) is -0.00958. The molecule has 17 heavy (non-hydrogen) atoms. The molecule has 1 aromatic rings. The summed E-state index contributed by atoms with van der Waals surface area (Å²) in [5.41, 5.74) is 0.418. The first-order chi connectivity index (χ1) is 7.95. The quantitative estimate of drug-likeness (QED) is 0.865. The second kappa shape index (κ2) is 4.22. The summed E-state index contributed by atoms with van der Waals surface area (Å²) in [5, 5.41) is 8.90. The van der Waals surface area contributed by atoms with Crippen molar-refractivity contribution in [1.29, 1.82) is 0 Å². The Morgan fingerprint density at radius 1 is 1.41 bits per heavy atom. The Kier molecular flexibility index (Phi) is 3.03. The monoisotopic (exact) mass is 245 g/mol. The van der Waals surface area contributed by atoms with E-state index < -0.39 is 11.7 Å². The average Bonchev–Trinajstić information content (AvgIpc) is 2.55. The summed E-state index contributed by atoms with van der Waals surface area (Å²) >= 11 is 0. The van der Waals surface area contributed by atoms with Gasteiger partial charge in [-0.1, -0.05) is 6.07 Å². The maximum atomic E-state index is 12.8. The van der Waals surface area contributed by atoms with Crippen molar-refractivity contribution in [3.63, 3.8) is 0 Å². The Morgan fingerprint density at radius 3 is 2.71 bits per heavy atom. The van der Waals surface area contributed by atoms with Crippen molar-refractivity contribution < 1.29 is 18.3 Å². The Balaban J connectivity index is 2.40. The molecule has 0 amide bonds. The van der Waals surface area contributed by atoms with Crippen LogP contribution in [0.5, 0.6) is 0 Å². The first-order valence-electron chi connectivity index (χ1n) is 5.48. The number of aliphatic hydroxyl groups is 1. The van der Waals surface area contributed by atoms with Crippen LogP contribution in [-0.4, -0.2) is 24.8 Å². The van der Waals surface area contributed by atoms with E-state index in [0.717, 1.165) is 6.07 Å². The van der Waals surface area contributed by atoms with Crippen LogP contribution in [0.3, 0.4) is 0 Å². The highest BCUT2D eigenvalue weighted by molar-refractivity contribution is 5.62. The van der Waals surface area contributed by atoms with Crippen LogP contribution < -0.4 is 4.90 Å². The van der Waals surface area contributed by atoms with Crippen LogP contribution in [0, 0.1) is 0 Å². The molecule has 1 aromatic carbocycles. The Hall–Kier alpha value is -1.23. The zero-order chi connectivity index (χ0) is 12.6. The molecule has 2 rings (SSSR count). The molecular formula is C12H14F3NO. The molecular weight excluding hydrogens is 231 g/mol. The number of rotatable bonds is 2. The highest BCUT2D eigenvalue weighted by atomic mass is 19.4. The fraction of sp³-hybridized carbons (Fsp3) is 0.500. The molecule has 0 bridgehead atoms. The molecule has 94 valence electrons. The highest BCUT2D eigenvalue weighted by Gasteiger charge is 2.38. The lowest BCUT2D eigenvalue weighted by molar-refractivity contribution is -0.138. The summed E-state index contributed by atoms with van der Waals surface area (Å²) in [4.78, 5) is 1.82. The standard InChI is InChI=1S/C12H14F3NO/c1-16-8(5-6-17)7-9-10(12(13,14)15)3-2-4-11(9)16/h2-4,8,17H,5-7H2,1H3. The number of halogens is 3. The van der Waals surface area contributed by atoms with Crippen LogP contribution in [0.4, 0.5) is 18.9 Å². The summed E-state index contributed by atoms with van der Waals surface area (Å²) in [7, 11) is 1.77. The van der Waals surface area contributed by atoms with Crippen LogP contribution in [0.15, 0.2) is 18.2 Å². The van der Waals surface area contributed by atoms with Gasteiger partial charge in [-0.05, 0) is 30.5 Å². The third kappa shape index (κ3) is 2.11. The molecule has 1 unspecified atom stereocenters. The number of anilines is 1. The van der Waals surface area contributed by atoms with Crippen LogP contribution in [0.2, 0.25) is 0 Å². The molecule has 5 heteroatoms. The Labute approximate surface area is 97.7 Å². The molecule has 0 aromatic heterocycles. The number of hydrogen-bond donors (Lipinski definition) is 1. The number of fused-ring (bicyclic) bond motifs is 1. The lowest BCUT2D eigenvalue weighted by atomic mass is 10.0. The van der Waals surface area contributed by atoms with Crippen molar-refractivity contribution in [2.75, 3.05) is 18.6 Å². The number of likely N-dealkylation sites (N-methyl/N-ethyl adjacent to an activating group) is 1. The van der Waals surface area contributed by atoms with E-state index in [2.05, 4.69) is 0 Å². The lowest BCUT2D eigenvalue weighted by Gasteiger charge is -2.21. The summed E-state index contributed by atoms with van der Waals surface area (Å²) in [5.74, 6) is 0. The molecule has 0 fully saturated rings. The molecule has 1 N–H and O–H groups in total. The van der Waals surface area contributed by atoms with Gasteiger partial charge in [0.1, 0.15) is 0 Å². The fourth-order valence-electron chi connectivity index (χ4n) is 2.40. The molecule has 2 nitrogen and oxygen atoms in total. The first kappa shape index (κ1) is 12.2. The number of alkyl halides is 3. The van der Waals surface area contributed by atoms with Crippen LogP contribution in [-0.2, 0) is 12.6 Å². The summed E-state index contributed by atoms with van der Waals surface area (Å²) < 4.78 is 38.4. The fourth-order valence-corrected chi connectivity index (χ4v) is 2.40. The maximum Gasteiger partial charge on any atom is 0.416 e. The smallest absolute Gasteiger partial charge is 0.396 e. The molecule has 1 heterocycles. The van der Waals surface area contributed by atoms with Gasteiger partial charge in [0.15, 0.2) is 0 Å². The Bertz CT molecular complexity index is 417. The van der Waals surface area contributed by atoms with Gasteiger partial charge in [-0.3, -0.25) is 0 Å². The molecule has 1 aliphatic rings. The predicted octanol–water partition coefficient (Wildman–Crippen LogP) is 2.45. The molecule has 0 radical (unpaired) electrons. The molecule has 1 atom stereocenters. The van der Waals surface area contributed by atoms with Crippen LogP contribution in [0.25, 0.3) is 0 Å². The van der Waals surface area contributed by atoms with Gasteiger partial charge < -0.3 is 10.0 Å². The van der Waals surface area contributed by atoms with Gasteiger partial charge >= 0.3 is 6.18 Å². The van der Waals surface area contributed by atoms with Crippen molar-refractivity contribution in [3.05, 3.63) is 29.3 Å². The predicted molar refractivity (Wildman–Crippen MR) is 59.0 cm³/mol. The molecule has 0 saturated heterocycles. The van der Waals surface area contributed by atoms with Crippen molar-refractivity contribution in [2.45, 2.75) is 25.1 Å². The van der Waals surface area contributed by atoms with E-state index in [9.17, 15) is 13.2 Å². The van der Waals surface area contributed by atoms with Crippen molar-refractivity contribution in [1.82, 2.24) is 0 Å². The second-order valence-corrected chi connectivity index (χ2v) is 4.28. The van der Waals surface area contributed by atoms with Crippen LogP contribution >= 0.6 is 0 Å². The number of nitrogens with zero attached hydrogens (tertiary/aromatic N) is 1. The molecule has 0 aliphatic carbocycles. The third-order valence-corrected chi connectivity index (χ3v) is 3.29. The highest BCUT2D eigenvalue weighted by Crippen LogP contribution is 2.41. The zero-order valence-corrected chi connectivity index (χ0v) is 9.46. The third-order valence-electron chi connectivity index (χ3n) is 3.29. The zero-order valence-electron chi connectivity index (χ0n) is 9.46. The van der Waals surface area contributed by atoms with Gasteiger partial charge in [0.25, 0.3) is 0 Å². The maximum absolute atomic E-state index is 12.8. The van der Waals surface area contributed by atoms with Gasteiger partial charge in [0, 0.05) is 25.4 Å². The number of hydrogen-bond acceptors (Lipinski definition) is 2. The molecule has 0 saturated carbocycles. The SMILES string of the molecule is CN1c2cccc(C(F)(F)F)c2CC1CCO. The normalized spacial score (nSPS) is 19.6. The van der Waals surface area contributed by atoms with Gasteiger partial charge in [-0.2, -0.15) is 13.2 Å². The van der Waals surface area contributed by atoms with Gasteiger partial charge in [0.05, 0.1) is 5.56 Å². The Morgan fingerprint density at radius 2 is 2.12 bits per heavy atom. The van der Waals surface area contributed by atoms with Crippen molar-refractivity contribution in [2.24, 2.45) is 0 Å². The molecule has 1 aliphatic heterocycles. The summed E-state index contributed by atoms with van der Waals surface area (Å²) in [6, 6.07) is 4.20. The van der Waals surface area contributed by atoms with E-state index in [1.807, 2.05) is 4.90 Å². The van der Waals surface area contributed by atoms with E-state index in [4.69, 9.17) is 5.11 Å². The van der Waals surface area contributed by atoms with E-state index >= 15 is 0 Å². The number of benzene rings is 1. The minimum absolute atomic E-state index is 0.00958. The average molecular weight is 245 g/mol. The largest absolute Gasteiger partial charge is 0.416 e. The van der Waals surface area contributed by atoms with E-state index in [-0.39, 0.29) is 12.6 Å². The van der Waals surface area contributed by atoms with Crippen LogP contribution in [0.1, 0.15) is 17.5 Å². The minimum Gasteiger partial charge on any atom is -0.396 e. The van der Waals surface area contributed by atoms with E-state index in [1.54, 1.807) is 13.1 Å². The van der Waals surface area contributed by atoms with E-state index in [1.165, 1.54) is 6.07 Å². The number of aliphatic hydroxyl groups excluding tert-OH is 1. The lowest BCUT2D eigenvalue weighted by Crippen LogP contribution is -2.28. The second-order valence-electron chi connectivity index (χ2n) is 4.28.